The predicted molar refractivity (Wildman–Crippen MR) is 88.6 cm³/mol. The fourth-order valence-electron chi connectivity index (χ4n) is 3.23. The number of nitrogens with one attached hydrogen (secondary N) is 1. The molecule has 0 spiro atoms. The second-order valence-electron chi connectivity index (χ2n) is 5.97. The van der Waals surface area contributed by atoms with Crippen LogP contribution in [0.4, 0.5) is 5.69 Å². The Morgan fingerprint density at radius 3 is 2.15 bits per heavy atom. The van der Waals surface area contributed by atoms with Gasteiger partial charge in [0.15, 0.2) is 0 Å². The SMILES string of the molecule is CC(C)N(c1cccc2c1[nH]c1ccccc12)C(C)C. The lowest BCUT2D eigenvalue weighted by atomic mass is 10.1. The highest BCUT2D eigenvalue weighted by Gasteiger charge is 2.18. The lowest BCUT2D eigenvalue weighted by Crippen LogP contribution is -2.37. The van der Waals surface area contributed by atoms with Crippen LogP contribution in [0.2, 0.25) is 0 Å². The Balaban J connectivity index is 2.31. The van der Waals surface area contributed by atoms with Gasteiger partial charge in [-0.15, -0.1) is 0 Å². The molecular formula is C18H22N2. The van der Waals surface area contributed by atoms with Gasteiger partial charge in [0.1, 0.15) is 0 Å². The first-order chi connectivity index (χ1) is 9.59. The van der Waals surface area contributed by atoms with Crippen molar-refractivity contribution in [1.29, 1.82) is 0 Å². The van der Waals surface area contributed by atoms with E-state index < -0.39 is 0 Å². The van der Waals surface area contributed by atoms with Crippen LogP contribution >= 0.6 is 0 Å². The average Bonchev–Trinajstić information content (AvgIpc) is 2.78. The monoisotopic (exact) mass is 266 g/mol. The molecule has 2 nitrogen and oxygen atoms in total. The molecule has 2 heteroatoms. The Morgan fingerprint density at radius 2 is 1.45 bits per heavy atom. The summed E-state index contributed by atoms with van der Waals surface area (Å²) in [6.07, 6.45) is 0. The molecule has 0 saturated carbocycles. The lowest BCUT2D eigenvalue weighted by molar-refractivity contribution is 0.610. The molecular weight excluding hydrogens is 244 g/mol. The van der Waals surface area contributed by atoms with Crippen molar-refractivity contribution in [3.8, 4) is 0 Å². The highest BCUT2D eigenvalue weighted by Crippen LogP contribution is 2.33. The Kier molecular flexibility index (Phi) is 3.17. The van der Waals surface area contributed by atoms with Crippen molar-refractivity contribution >= 4 is 27.5 Å². The van der Waals surface area contributed by atoms with E-state index in [4.69, 9.17) is 0 Å². The van der Waals surface area contributed by atoms with Gasteiger partial charge in [0.05, 0.1) is 11.2 Å². The summed E-state index contributed by atoms with van der Waals surface area (Å²) in [6.45, 7) is 9.01. The first-order valence-electron chi connectivity index (χ1n) is 7.37. The van der Waals surface area contributed by atoms with Crippen LogP contribution in [-0.4, -0.2) is 17.1 Å². The van der Waals surface area contributed by atoms with Gasteiger partial charge in [-0.1, -0.05) is 30.3 Å². The molecule has 3 aromatic rings. The summed E-state index contributed by atoms with van der Waals surface area (Å²) in [5.74, 6) is 0. The minimum atomic E-state index is 0.479. The Morgan fingerprint density at radius 1 is 0.800 bits per heavy atom. The van der Waals surface area contributed by atoms with Gasteiger partial charge in [-0.25, -0.2) is 0 Å². The first-order valence-corrected chi connectivity index (χ1v) is 7.37. The molecule has 1 heterocycles. The van der Waals surface area contributed by atoms with Crippen LogP contribution in [0.5, 0.6) is 0 Å². The van der Waals surface area contributed by atoms with E-state index in [0.717, 1.165) is 0 Å². The number of H-pyrrole nitrogens is 1. The van der Waals surface area contributed by atoms with Crippen LogP contribution in [0.25, 0.3) is 21.8 Å². The highest BCUT2D eigenvalue weighted by atomic mass is 15.2. The number of benzene rings is 2. The standard InChI is InChI=1S/C18H22N2/c1-12(2)20(13(3)4)17-11-7-9-15-14-8-5-6-10-16(14)19-18(15)17/h5-13,19H,1-4H3. The number of fused-ring (bicyclic) bond motifs is 3. The largest absolute Gasteiger partial charge is 0.365 e. The van der Waals surface area contributed by atoms with Crippen molar-refractivity contribution < 1.29 is 0 Å². The zero-order valence-corrected chi connectivity index (χ0v) is 12.6. The number of anilines is 1. The third-order valence-electron chi connectivity index (χ3n) is 3.91. The van der Waals surface area contributed by atoms with Crippen LogP contribution < -0.4 is 4.90 Å². The van der Waals surface area contributed by atoms with E-state index in [1.54, 1.807) is 0 Å². The molecule has 1 aromatic heterocycles. The molecule has 3 rings (SSSR count). The van der Waals surface area contributed by atoms with Gasteiger partial charge in [0.2, 0.25) is 0 Å². The van der Waals surface area contributed by atoms with Gasteiger partial charge in [-0.3, -0.25) is 0 Å². The summed E-state index contributed by atoms with van der Waals surface area (Å²) in [6, 6.07) is 16.1. The predicted octanol–water partition coefficient (Wildman–Crippen LogP) is 4.94. The molecule has 0 fully saturated rings. The molecule has 20 heavy (non-hydrogen) atoms. The number of aromatic nitrogens is 1. The number of hydrogen-bond donors (Lipinski definition) is 1. The summed E-state index contributed by atoms with van der Waals surface area (Å²) < 4.78 is 0. The summed E-state index contributed by atoms with van der Waals surface area (Å²) in [5, 5.41) is 2.61. The van der Waals surface area contributed by atoms with Crippen molar-refractivity contribution in [2.45, 2.75) is 39.8 Å². The third kappa shape index (κ3) is 1.96. The molecule has 1 N–H and O–H groups in total. The number of para-hydroxylation sites is 2. The molecule has 0 radical (unpaired) electrons. The molecule has 0 atom stereocenters. The van der Waals surface area contributed by atoms with Crippen LogP contribution in [-0.2, 0) is 0 Å². The van der Waals surface area contributed by atoms with Gasteiger partial charge < -0.3 is 9.88 Å². The van der Waals surface area contributed by atoms with Crippen molar-refractivity contribution in [2.75, 3.05) is 4.90 Å². The van der Waals surface area contributed by atoms with E-state index >= 15 is 0 Å². The molecule has 2 aromatic carbocycles. The third-order valence-corrected chi connectivity index (χ3v) is 3.91. The van der Waals surface area contributed by atoms with Crippen LogP contribution in [0.1, 0.15) is 27.7 Å². The van der Waals surface area contributed by atoms with E-state index in [2.05, 4.69) is 80.0 Å². The normalized spacial score (nSPS) is 11.9. The zero-order valence-electron chi connectivity index (χ0n) is 12.6. The number of rotatable bonds is 3. The quantitative estimate of drug-likeness (QED) is 0.711. The van der Waals surface area contributed by atoms with E-state index in [9.17, 15) is 0 Å². The molecule has 0 bridgehead atoms. The second kappa shape index (κ2) is 4.86. The summed E-state index contributed by atoms with van der Waals surface area (Å²) in [4.78, 5) is 6.07. The maximum atomic E-state index is 3.60. The van der Waals surface area contributed by atoms with Gasteiger partial charge in [0, 0.05) is 28.4 Å². The maximum Gasteiger partial charge on any atom is 0.0702 e. The Labute approximate surface area is 120 Å². The second-order valence-corrected chi connectivity index (χ2v) is 5.97. The molecule has 0 unspecified atom stereocenters. The number of nitrogens with zero attached hydrogens (tertiary/aromatic N) is 1. The fraction of sp³-hybridized carbons (Fsp3) is 0.333. The maximum absolute atomic E-state index is 3.60. The summed E-state index contributed by atoms with van der Waals surface area (Å²) >= 11 is 0. The lowest BCUT2D eigenvalue weighted by Gasteiger charge is -2.33. The van der Waals surface area contributed by atoms with Crippen LogP contribution in [0, 0.1) is 0 Å². The Hall–Kier alpha value is -1.96. The number of aromatic amines is 1. The Bertz CT molecular complexity index is 729. The number of hydrogen-bond acceptors (Lipinski definition) is 1. The molecule has 104 valence electrons. The van der Waals surface area contributed by atoms with Crippen molar-refractivity contribution in [3.05, 3.63) is 42.5 Å². The first kappa shape index (κ1) is 13.0. The molecule has 0 aliphatic rings. The average molecular weight is 266 g/mol. The van der Waals surface area contributed by atoms with Crippen molar-refractivity contribution in [1.82, 2.24) is 4.98 Å². The zero-order chi connectivity index (χ0) is 14.3. The van der Waals surface area contributed by atoms with Crippen LogP contribution in [0.3, 0.4) is 0 Å². The van der Waals surface area contributed by atoms with Crippen molar-refractivity contribution in [3.63, 3.8) is 0 Å². The van der Waals surface area contributed by atoms with Crippen LogP contribution in [0.15, 0.2) is 42.5 Å². The smallest absolute Gasteiger partial charge is 0.0702 e. The van der Waals surface area contributed by atoms with Gasteiger partial charge >= 0.3 is 0 Å². The topological polar surface area (TPSA) is 19.0 Å². The van der Waals surface area contributed by atoms with E-state index in [-0.39, 0.29) is 0 Å². The molecule has 0 amide bonds. The minimum absolute atomic E-state index is 0.479. The highest BCUT2D eigenvalue weighted by molar-refractivity contribution is 6.11. The van der Waals surface area contributed by atoms with Gasteiger partial charge in [0.25, 0.3) is 0 Å². The fourth-order valence-corrected chi connectivity index (χ4v) is 3.23. The molecule has 0 aliphatic carbocycles. The summed E-state index contributed by atoms with van der Waals surface area (Å²) in [5.41, 5.74) is 3.75. The van der Waals surface area contributed by atoms with E-state index in [1.165, 1.54) is 27.5 Å². The van der Waals surface area contributed by atoms with Gasteiger partial charge in [-0.05, 0) is 39.8 Å². The molecule has 0 aliphatic heterocycles. The summed E-state index contributed by atoms with van der Waals surface area (Å²) in [7, 11) is 0. The minimum Gasteiger partial charge on any atom is -0.365 e. The molecule has 0 saturated heterocycles. The van der Waals surface area contributed by atoms with Crippen molar-refractivity contribution in [2.24, 2.45) is 0 Å². The van der Waals surface area contributed by atoms with E-state index in [0.29, 0.717) is 12.1 Å². The van der Waals surface area contributed by atoms with E-state index in [1.807, 2.05) is 0 Å². The van der Waals surface area contributed by atoms with Gasteiger partial charge in [-0.2, -0.15) is 0 Å².